The van der Waals surface area contributed by atoms with Gasteiger partial charge in [0.05, 0.1) is 11.1 Å². The van der Waals surface area contributed by atoms with Crippen molar-refractivity contribution in [3.63, 3.8) is 0 Å². The van der Waals surface area contributed by atoms with Gasteiger partial charge >= 0.3 is 17.8 Å². The molecule has 0 unspecified atom stereocenters. The zero-order chi connectivity index (χ0) is 13.5. The van der Waals surface area contributed by atoms with E-state index >= 15 is 0 Å². The van der Waals surface area contributed by atoms with Crippen LogP contribution >= 0.6 is 0 Å². The topological polar surface area (TPSA) is 83.0 Å². The van der Waals surface area contributed by atoms with Gasteiger partial charge < -0.3 is 10.1 Å². The van der Waals surface area contributed by atoms with Crippen LogP contribution in [-0.2, 0) is 6.18 Å². The van der Waals surface area contributed by atoms with E-state index in [0.717, 1.165) is 12.1 Å². The van der Waals surface area contributed by atoms with Crippen LogP contribution in [0.4, 0.5) is 13.2 Å². The van der Waals surface area contributed by atoms with E-state index in [4.69, 9.17) is 5.11 Å². The molecule has 2 aromatic rings. The second-order valence-corrected chi connectivity index (χ2v) is 3.45. The molecule has 18 heavy (non-hydrogen) atoms. The minimum absolute atomic E-state index is 0.0135. The van der Waals surface area contributed by atoms with E-state index in [-0.39, 0.29) is 10.9 Å². The summed E-state index contributed by atoms with van der Waals surface area (Å²) < 4.78 is 37.5. The molecule has 0 fully saturated rings. The summed E-state index contributed by atoms with van der Waals surface area (Å²) in [6.07, 6.45) is -4.60. The Morgan fingerprint density at radius 1 is 1.33 bits per heavy atom. The molecule has 2 rings (SSSR count). The molecule has 1 heterocycles. The van der Waals surface area contributed by atoms with Crippen molar-refractivity contribution in [2.45, 2.75) is 6.18 Å². The van der Waals surface area contributed by atoms with Crippen LogP contribution in [0.25, 0.3) is 10.9 Å². The molecule has 2 N–H and O–H groups in total. The number of halogens is 3. The molecule has 1 aromatic heterocycles. The second-order valence-electron chi connectivity index (χ2n) is 3.45. The average molecular weight is 258 g/mol. The minimum atomic E-state index is -4.60. The molecule has 0 aliphatic rings. The summed E-state index contributed by atoms with van der Waals surface area (Å²) in [7, 11) is 0. The van der Waals surface area contributed by atoms with E-state index in [1.54, 1.807) is 0 Å². The van der Waals surface area contributed by atoms with Crippen molar-refractivity contribution >= 4 is 16.9 Å². The van der Waals surface area contributed by atoms with Gasteiger partial charge in [-0.2, -0.15) is 18.2 Å². The molecule has 0 saturated heterocycles. The highest BCUT2D eigenvalue weighted by atomic mass is 19.4. The van der Waals surface area contributed by atoms with E-state index in [1.807, 2.05) is 0 Å². The SMILES string of the molecule is O=C(O)c1nc(=O)[nH]c2ccc(C(F)(F)F)cc12. The number of nitrogens with zero attached hydrogens (tertiary/aromatic N) is 1. The first-order chi connectivity index (χ1) is 8.29. The van der Waals surface area contributed by atoms with Gasteiger partial charge in [0.25, 0.3) is 0 Å². The van der Waals surface area contributed by atoms with Crippen molar-refractivity contribution in [3.8, 4) is 0 Å². The Morgan fingerprint density at radius 2 is 2.00 bits per heavy atom. The number of alkyl halides is 3. The van der Waals surface area contributed by atoms with Crippen LogP contribution in [0.1, 0.15) is 16.1 Å². The number of aromatic amines is 1. The highest BCUT2D eigenvalue weighted by Gasteiger charge is 2.31. The van der Waals surface area contributed by atoms with Gasteiger partial charge in [-0.15, -0.1) is 0 Å². The number of aromatic carboxylic acids is 1. The third-order valence-electron chi connectivity index (χ3n) is 2.26. The second kappa shape index (κ2) is 3.83. The lowest BCUT2D eigenvalue weighted by Crippen LogP contribution is -2.17. The summed E-state index contributed by atoms with van der Waals surface area (Å²) in [5.74, 6) is -1.56. The largest absolute Gasteiger partial charge is 0.476 e. The Kier molecular flexibility index (Phi) is 2.57. The van der Waals surface area contributed by atoms with Crippen LogP contribution in [-0.4, -0.2) is 21.0 Å². The first-order valence-electron chi connectivity index (χ1n) is 4.63. The molecule has 0 saturated carbocycles. The first-order valence-corrected chi connectivity index (χ1v) is 4.63. The van der Waals surface area contributed by atoms with Crippen molar-refractivity contribution in [2.24, 2.45) is 0 Å². The summed E-state index contributed by atoms with van der Waals surface area (Å²) in [6, 6.07) is 2.39. The van der Waals surface area contributed by atoms with Crippen molar-refractivity contribution < 1.29 is 23.1 Å². The van der Waals surface area contributed by atoms with Crippen LogP contribution in [0, 0.1) is 0 Å². The van der Waals surface area contributed by atoms with Gasteiger partial charge in [0.1, 0.15) is 0 Å². The highest BCUT2D eigenvalue weighted by molar-refractivity contribution is 6.00. The van der Waals surface area contributed by atoms with Crippen molar-refractivity contribution in [2.75, 3.05) is 0 Å². The minimum Gasteiger partial charge on any atom is -0.476 e. The van der Waals surface area contributed by atoms with E-state index in [9.17, 15) is 22.8 Å². The average Bonchev–Trinajstić information content (AvgIpc) is 2.25. The number of fused-ring (bicyclic) bond motifs is 1. The smallest absolute Gasteiger partial charge is 0.416 e. The van der Waals surface area contributed by atoms with Crippen LogP contribution in [0.5, 0.6) is 0 Å². The van der Waals surface area contributed by atoms with Crippen LogP contribution in [0.2, 0.25) is 0 Å². The monoisotopic (exact) mass is 258 g/mol. The molecule has 8 heteroatoms. The Labute approximate surface area is 96.9 Å². The Bertz CT molecular complexity index is 691. The number of carbonyl (C=O) groups is 1. The van der Waals surface area contributed by atoms with Crippen molar-refractivity contribution in [1.82, 2.24) is 9.97 Å². The molecule has 5 nitrogen and oxygen atoms in total. The third-order valence-corrected chi connectivity index (χ3v) is 2.26. The highest BCUT2D eigenvalue weighted by Crippen LogP contribution is 2.31. The standard InChI is InChI=1S/C10H5F3N2O3/c11-10(12,13)4-1-2-6-5(3-4)7(8(16)17)15-9(18)14-6/h1-3H,(H,16,17)(H,14,15,18). The number of benzene rings is 1. The molecule has 0 spiro atoms. The van der Waals surface area contributed by atoms with E-state index in [2.05, 4.69) is 9.97 Å². The van der Waals surface area contributed by atoms with Gasteiger partial charge in [-0.1, -0.05) is 0 Å². The molecule has 0 aliphatic carbocycles. The number of hydrogen-bond donors (Lipinski definition) is 2. The van der Waals surface area contributed by atoms with Gasteiger partial charge in [0.15, 0.2) is 5.69 Å². The number of hydrogen-bond acceptors (Lipinski definition) is 3. The lowest BCUT2D eigenvalue weighted by atomic mass is 10.1. The Hall–Kier alpha value is -2.38. The number of aromatic nitrogens is 2. The molecule has 0 amide bonds. The first kappa shape index (κ1) is 12.1. The van der Waals surface area contributed by atoms with Gasteiger partial charge in [0, 0.05) is 5.39 Å². The van der Waals surface area contributed by atoms with Crippen molar-refractivity contribution in [3.05, 3.63) is 39.9 Å². The number of rotatable bonds is 1. The number of H-pyrrole nitrogens is 1. The molecule has 1 aromatic carbocycles. The van der Waals surface area contributed by atoms with Crippen LogP contribution in [0.15, 0.2) is 23.0 Å². The fourth-order valence-electron chi connectivity index (χ4n) is 1.49. The number of carboxylic acid groups (broad SMARTS) is 1. The van der Waals surface area contributed by atoms with E-state index < -0.39 is 29.1 Å². The Morgan fingerprint density at radius 3 is 2.56 bits per heavy atom. The summed E-state index contributed by atoms with van der Waals surface area (Å²) in [5.41, 5.74) is -2.66. The maximum atomic E-state index is 12.5. The van der Waals surface area contributed by atoms with Gasteiger partial charge in [-0.3, -0.25) is 0 Å². The van der Waals surface area contributed by atoms with E-state index in [0.29, 0.717) is 6.07 Å². The predicted octanol–water partition coefficient (Wildman–Crippen LogP) is 1.64. The third kappa shape index (κ3) is 2.04. The molecule has 0 aliphatic heterocycles. The molecule has 94 valence electrons. The molecular weight excluding hydrogens is 253 g/mol. The zero-order valence-corrected chi connectivity index (χ0v) is 8.58. The quantitative estimate of drug-likeness (QED) is 0.814. The summed E-state index contributed by atoms with van der Waals surface area (Å²) in [5, 5.41) is 8.54. The maximum absolute atomic E-state index is 12.5. The normalized spacial score (nSPS) is 11.7. The zero-order valence-electron chi connectivity index (χ0n) is 8.58. The lowest BCUT2D eigenvalue weighted by molar-refractivity contribution is -0.137. The lowest BCUT2D eigenvalue weighted by Gasteiger charge is -2.08. The van der Waals surface area contributed by atoms with Gasteiger partial charge in [-0.05, 0) is 18.2 Å². The van der Waals surface area contributed by atoms with Gasteiger partial charge in [-0.25, -0.2) is 9.59 Å². The summed E-state index contributed by atoms with van der Waals surface area (Å²) >= 11 is 0. The van der Waals surface area contributed by atoms with Crippen molar-refractivity contribution in [1.29, 1.82) is 0 Å². The fourth-order valence-corrected chi connectivity index (χ4v) is 1.49. The predicted molar refractivity (Wildman–Crippen MR) is 54.3 cm³/mol. The fraction of sp³-hybridized carbons (Fsp3) is 0.100. The Balaban J connectivity index is 2.83. The number of nitrogens with one attached hydrogen (secondary N) is 1. The summed E-state index contributed by atoms with van der Waals surface area (Å²) in [6.45, 7) is 0. The van der Waals surface area contributed by atoms with Crippen LogP contribution < -0.4 is 5.69 Å². The van der Waals surface area contributed by atoms with E-state index in [1.165, 1.54) is 0 Å². The van der Waals surface area contributed by atoms with Gasteiger partial charge in [0.2, 0.25) is 0 Å². The summed E-state index contributed by atoms with van der Waals surface area (Å²) in [4.78, 5) is 27.2. The number of carboxylic acids is 1. The van der Waals surface area contributed by atoms with Crippen LogP contribution in [0.3, 0.4) is 0 Å². The maximum Gasteiger partial charge on any atom is 0.416 e. The molecule has 0 atom stereocenters. The molecule has 0 radical (unpaired) electrons. The molecular formula is C10H5F3N2O3. The molecule has 0 bridgehead atoms.